The number of hydrogen-bond acceptors (Lipinski definition) is 4. The molecule has 1 aromatic carbocycles. The molecule has 0 aliphatic rings. The molecule has 0 aliphatic heterocycles. The zero-order valence-electron chi connectivity index (χ0n) is 12.8. The third-order valence-electron chi connectivity index (χ3n) is 3.87. The van der Waals surface area contributed by atoms with E-state index in [1.807, 2.05) is 44.2 Å². The molecular formula is C15H22ClN5O. The van der Waals surface area contributed by atoms with E-state index in [9.17, 15) is 4.79 Å². The third-order valence-corrected chi connectivity index (χ3v) is 3.87. The van der Waals surface area contributed by atoms with Crippen LogP contribution in [0.1, 0.15) is 37.2 Å². The Morgan fingerprint density at radius 2 is 1.91 bits per heavy atom. The van der Waals surface area contributed by atoms with Crippen LogP contribution >= 0.6 is 12.4 Å². The second kappa shape index (κ2) is 7.91. The van der Waals surface area contributed by atoms with E-state index in [1.165, 1.54) is 0 Å². The summed E-state index contributed by atoms with van der Waals surface area (Å²) in [4.78, 5) is 12.3. The lowest BCUT2D eigenvalue weighted by Gasteiger charge is -2.30. The number of amides is 1. The number of benzene rings is 1. The molecule has 0 atom stereocenters. The minimum atomic E-state index is -0.381. The van der Waals surface area contributed by atoms with Crippen LogP contribution in [-0.4, -0.2) is 33.0 Å². The maximum atomic E-state index is 12.3. The normalized spacial score (nSPS) is 10.9. The molecule has 6 nitrogen and oxygen atoms in total. The SMILES string of the molecule is CCC(CC)(CN)NC(=O)c1cn(-c2ccccc2)nn1.Cl. The van der Waals surface area contributed by atoms with Crippen molar-refractivity contribution in [1.29, 1.82) is 0 Å². The Balaban J connectivity index is 0.00000242. The quantitative estimate of drug-likeness (QED) is 0.850. The van der Waals surface area contributed by atoms with Crippen molar-refractivity contribution >= 4 is 18.3 Å². The van der Waals surface area contributed by atoms with Crippen molar-refractivity contribution < 1.29 is 4.79 Å². The summed E-state index contributed by atoms with van der Waals surface area (Å²) in [5.41, 5.74) is 6.57. The molecule has 3 N–H and O–H groups in total. The summed E-state index contributed by atoms with van der Waals surface area (Å²) in [6.45, 7) is 4.42. The minimum absolute atomic E-state index is 0. The highest BCUT2D eigenvalue weighted by molar-refractivity contribution is 5.92. The number of halogens is 1. The molecule has 1 amide bonds. The van der Waals surface area contributed by atoms with Gasteiger partial charge >= 0.3 is 0 Å². The average molecular weight is 324 g/mol. The number of carbonyl (C=O) groups is 1. The molecule has 0 aliphatic carbocycles. The second-order valence-electron chi connectivity index (χ2n) is 5.03. The molecule has 0 saturated heterocycles. The van der Waals surface area contributed by atoms with Gasteiger partial charge in [-0.15, -0.1) is 17.5 Å². The smallest absolute Gasteiger partial charge is 0.273 e. The van der Waals surface area contributed by atoms with Crippen molar-refractivity contribution in [2.24, 2.45) is 5.73 Å². The number of para-hydroxylation sites is 1. The van der Waals surface area contributed by atoms with Crippen LogP contribution in [0.2, 0.25) is 0 Å². The number of nitrogens with zero attached hydrogens (tertiary/aromatic N) is 3. The van der Waals surface area contributed by atoms with Crippen molar-refractivity contribution in [3.8, 4) is 5.69 Å². The molecule has 0 spiro atoms. The highest BCUT2D eigenvalue weighted by atomic mass is 35.5. The van der Waals surface area contributed by atoms with Gasteiger partial charge in [0.25, 0.3) is 5.91 Å². The van der Waals surface area contributed by atoms with Gasteiger partial charge in [0, 0.05) is 6.54 Å². The number of aromatic nitrogens is 3. The zero-order valence-corrected chi connectivity index (χ0v) is 13.6. The average Bonchev–Trinajstić information content (AvgIpc) is 3.04. The molecule has 0 fully saturated rings. The van der Waals surface area contributed by atoms with E-state index in [0.29, 0.717) is 12.2 Å². The largest absolute Gasteiger partial charge is 0.344 e. The van der Waals surface area contributed by atoms with Crippen LogP contribution in [0.15, 0.2) is 36.5 Å². The minimum Gasteiger partial charge on any atom is -0.344 e. The van der Waals surface area contributed by atoms with Gasteiger partial charge in [-0.2, -0.15) is 0 Å². The van der Waals surface area contributed by atoms with Gasteiger partial charge < -0.3 is 11.1 Å². The monoisotopic (exact) mass is 323 g/mol. The second-order valence-corrected chi connectivity index (χ2v) is 5.03. The standard InChI is InChI=1S/C15H21N5O.ClH/c1-3-15(4-2,11-16)17-14(21)13-10-20(19-18-13)12-8-6-5-7-9-12;/h5-10H,3-4,11,16H2,1-2H3,(H,17,21);1H. The van der Waals surface area contributed by atoms with Crippen molar-refractivity contribution in [3.05, 3.63) is 42.2 Å². The highest BCUT2D eigenvalue weighted by Gasteiger charge is 2.27. The number of nitrogens with one attached hydrogen (secondary N) is 1. The van der Waals surface area contributed by atoms with Gasteiger partial charge in [-0.05, 0) is 25.0 Å². The summed E-state index contributed by atoms with van der Waals surface area (Å²) in [6, 6.07) is 9.54. The highest BCUT2D eigenvalue weighted by Crippen LogP contribution is 2.14. The number of hydrogen-bond donors (Lipinski definition) is 2. The fourth-order valence-electron chi connectivity index (χ4n) is 2.15. The summed E-state index contributed by atoms with van der Waals surface area (Å²) in [5, 5.41) is 10.9. The van der Waals surface area contributed by atoms with Gasteiger partial charge in [0.2, 0.25) is 0 Å². The van der Waals surface area contributed by atoms with Crippen molar-refractivity contribution in [2.75, 3.05) is 6.54 Å². The first kappa shape index (κ1) is 18.1. The van der Waals surface area contributed by atoms with Gasteiger partial charge in [0.05, 0.1) is 17.4 Å². The van der Waals surface area contributed by atoms with Crippen LogP contribution in [-0.2, 0) is 0 Å². The van der Waals surface area contributed by atoms with Gasteiger partial charge in [0.1, 0.15) is 0 Å². The van der Waals surface area contributed by atoms with E-state index in [1.54, 1.807) is 10.9 Å². The maximum absolute atomic E-state index is 12.3. The molecule has 0 unspecified atom stereocenters. The predicted octanol–water partition coefficient (Wildman–Crippen LogP) is 1.94. The van der Waals surface area contributed by atoms with Gasteiger partial charge in [-0.25, -0.2) is 4.68 Å². The first-order valence-corrected chi connectivity index (χ1v) is 7.14. The van der Waals surface area contributed by atoms with Crippen LogP contribution in [0.5, 0.6) is 0 Å². The molecular weight excluding hydrogens is 302 g/mol. The van der Waals surface area contributed by atoms with Crippen molar-refractivity contribution in [2.45, 2.75) is 32.2 Å². The van der Waals surface area contributed by atoms with E-state index in [4.69, 9.17) is 5.73 Å². The Hall–Kier alpha value is -1.92. The number of nitrogens with two attached hydrogens (primary N) is 1. The van der Waals surface area contributed by atoms with E-state index in [0.717, 1.165) is 18.5 Å². The molecule has 2 rings (SSSR count). The Morgan fingerprint density at radius 1 is 1.27 bits per heavy atom. The van der Waals surface area contributed by atoms with E-state index < -0.39 is 0 Å². The van der Waals surface area contributed by atoms with Gasteiger partial charge in [-0.3, -0.25) is 4.79 Å². The van der Waals surface area contributed by atoms with Crippen LogP contribution in [0.4, 0.5) is 0 Å². The first-order chi connectivity index (χ1) is 10.1. The lowest BCUT2D eigenvalue weighted by Crippen LogP contribution is -2.53. The van der Waals surface area contributed by atoms with E-state index >= 15 is 0 Å². The third kappa shape index (κ3) is 3.84. The molecule has 120 valence electrons. The van der Waals surface area contributed by atoms with Crippen molar-refractivity contribution in [1.82, 2.24) is 20.3 Å². The number of carbonyl (C=O) groups excluding carboxylic acids is 1. The predicted molar refractivity (Wildman–Crippen MR) is 88.4 cm³/mol. The summed E-state index contributed by atoms with van der Waals surface area (Å²) >= 11 is 0. The summed E-state index contributed by atoms with van der Waals surface area (Å²) < 4.78 is 1.58. The van der Waals surface area contributed by atoms with E-state index in [2.05, 4.69) is 15.6 Å². The van der Waals surface area contributed by atoms with Crippen LogP contribution in [0, 0.1) is 0 Å². The molecule has 0 radical (unpaired) electrons. The topological polar surface area (TPSA) is 85.8 Å². The van der Waals surface area contributed by atoms with Crippen molar-refractivity contribution in [3.63, 3.8) is 0 Å². The van der Waals surface area contributed by atoms with Gasteiger partial charge in [0.15, 0.2) is 5.69 Å². The Kier molecular flexibility index (Phi) is 6.52. The maximum Gasteiger partial charge on any atom is 0.273 e. The summed E-state index contributed by atoms with van der Waals surface area (Å²) in [6.07, 6.45) is 3.17. The first-order valence-electron chi connectivity index (χ1n) is 7.14. The number of rotatable bonds is 6. The lowest BCUT2D eigenvalue weighted by molar-refractivity contribution is 0.0890. The van der Waals surface area contributed by atoms with Crippen LogP contribution in [0.3, 0.4) is 0 Å². The molecule has 1 aromatic heterocycles. The molecule has 0 bridgehead atoms. The Morgan fingerprint density at radius 3 is 2.45 bits per heavy atom. The van der Waals surface area contributed by atoms with Gasteiger partial charge in [-0.1, -0.05) is 37.3 Å². The van der Waals surface area contributed by atoms with Crippen LogP contribution < -0.4 is 11.1 Å². The summed E-state index contributed by atoms with van der Waals surface area (Å²) in [5.74, 6) is -0.244. The Bertz CT molecular complexity index is 587. The molecule has 1 heterocycles. The fourth-order valence-corrected chi connectivity index (χ4v) is 2.15. The zero-order chi connectivity index (χ0) is 15.3. The lowest BCUT2D eigenvalue weighted by atomic mass is 9.93. The molecule has 7 heteroatoms. The Labute approximate surface area is 136 Å². The molecule has 22 heavy (non-hydrogen) atoms. The van der Waals surface area contributed by atoms with Crippen LogP contribution in [0.25, 0.3) is 5.69 Å². The fraction of sp³-hybridized carbons (Fsp3) is 0.400. The summed E-state index contributed by atoms with van der Waals surface area (Å²) in [7, 11) is 0. The molecule has 0 saturated carbocycles. The molecule has 2 aromatic rings. The van der Waals surface area contributed by atoms with E-state index in [-0.39, 0.29) is 23.9 Å².